The summed E-state index contributed by atoms with van der Waals surface area (Å²) in [5.41, 5.74) is 7.30. The number of rotatable bonds is 6. The van der Waals surface area contributed by atoms with Crippen LogP contribution in [0.25, 0.3) is 0 Å². The lowest BCUT2D eigenvalue weighted by Gasteiger charge is -2.04. The van der Waals surface area contributed by atoms with Crippen molar-refractivity contribution >= 4 is 15.8 Å². The first-order valence-electron chi connectivity index (χ1n) is 6.65. The Bertz CT molecular complexity index is 731. The number of sulfonamides is 1. The molecule has 2 heterocycles. The molecule has 2 rings (SSSR count). The van der Waals surface area contributed by atoms with Crippen LogP contribution in [-0.4, -0.2) is 28.0 Å². The summed E-state index contributed by atoms with van der Waals surface area (Å²) in [7, 11) is -1.90. The van der Waals surface area contributed by atoms with Gasteiger partial charge in [-0.3, -0.25) is 9.36 Å². The molecule has 0 saturated heterocycles. The summed E-state index contributed by atoms with van der Waals surface area (Å²) in [5.74, 6) is 0.0128. The average Bonchev–Trinajstić information content (AvgIpc) is 2.91. The molecule has 3 N–H and O–H groups in total. The number of hydrogen-bond donors (Lipinski definition) is 2. The Labute approximate surface area is 124 Å². The third-order valence-corrected chi connectivity index (χ3v) is 4.48. The molecule has 0 saturated carbocycles. The van der Waals surface area contributed by atoms with Crippen LogP contribution in [0.3, 0.4) is 0 Å². The van der Waals surface area contributed by atoms with Crippen molar-refractivity contribution in [3.63, 3.8) is 0 Å². The number of nitrogens with two attached hydrogens (primary N) is 1. The van der Waals surface area contributed by atoms with Gasteiger partial charge in [0.2, 0.25) is 10.0 Å². The molecule has 2 aromatic rings. The summed E-state index contributed by atoms with van der Waals surface area (Å²) < 4.78 is 30.3. The second-order valence-electron chi connectivity index (χ2n) is 4.88. The normalized spacial score (nSPS) is 12.0. The van der Waals surface area contributed by atoms with Crippen molar-refractivity contribution in [1.82, 2.24) is 24.3 Å². The van der Waals surface area contributed by atoms with E-state index in [1.807, 2.05) is 13.8 Å². The van der Waals surface area contributed by atoms with Crippen LogP contribution >= 0.6 is 0 Å². The van der Waals surface area contributed by atoms with Crippen LogP contribution in [-0.2, 0) is 30.2 Å². The van der Waals surface area contributed by atoms with Gasteiger partial charge >= 0.3 is 0 Å². The average molecular weight is 312 g/mol. The van der Waals surface area contributed by atoms with E-state index in [1.54, 1.807) is 22.6 Å². The third kappa shape index (κ3) is 3.42. The van der Waals surface area contributed by atoms with Crippen molar-refractivity contribution in [2.75, 3.05) is 5.73 Å². The SMILES string of the molecule is CCCn1cc(S(=O)(=O)NCc2cn(C)nc2C)c(N)n1. The van der Waals surface area contributed by atoms with Gasteiger partial charge in [-0.2, -0.15) is 10.2 Å². The fourth-order valence-electron chi connectivity index (χ4n) is 2.04. The summed E-state index contributed by atoms with van der Waals surface area (Å²) in [5, 5.41) is 8.17. The predicted molar refractivity (Wildman–Crippen MR) is 78.9 cm³/mol. The van der Waals surface area contributed by atoms with E-state index in [0.717, 1.165) is 17.7 Å². The molecule has 0 spiro atoms. The molecule has 0 atom stereocenters. The molecule has 0 amide bonds. The van der Waals surface area contributed by atoms with Gasteiger partial charge in [0.05, 0.1) is 5.69 Å². The fraction of sp³-hybridized carbons (Fsp3) is 0.500. The van der Waals surface area contributed by atoms with E-state index >= 15 is 0 Å². The van der Waals surface area contributed by atoms with Gasteiger partial charge in [0.15, 0.2) is 5.82 Å². The van der Waals surface area contributed by atoms with Crippen LogP contribution in [0.4, 0.5) is 5.82 Å². The van der Waals surface area contributed by atoms with Gasteiger partial charge in [-0.15, -0.1) is 0 Å². The van der Waals surface area contributed by atoms with Gasteiger partial charge in [-0.25, -0.2) is 13.1 Å². The highest BCUT2D eigenvalue weighted by Gasteiger charge is 2.21. The lowest BCUT2D eigenvalue weighted by molar-refractivity contribution is 0.579. The fourth-order valence-corrected chi connectivity index (χ4v) is 3.12. The molecule has 0 unspecified atom stereocenters. The maximum atomic E-state index is 12.3. The second kappa shape index (κ2) is 5.86. The second-order valence-corrected chi connectivity index (χ2v) is 6.62. The van der Waals surface area contributed by atoms with Gasteiger partial charge in [0.1, 0.15) is 4.90 Å². The molecule has 9 heteroatoms. The highest BCUT2D eigenvalue weighted by Crippen LogP contribution is 2.17. The van der Waals surface area contributed by atoms with Gasteiger partial charge in [-0.05, 0) is 13.3 Å². The van der Waals surface area contributed by atoms with Crippen LogP contribution in [0.2, 0.25) is 0 Å². The van der Waals surface area contributed by atoms with Crippen LogP contribution in [0.15, 0.2) is 17.3 Å². The molecule has 0 aliphatic carbocycles. The zero-order valence-electron chi connectivity index (χ0n) is 12.4. The lowest BCUT2D eigenvalue weighted by atomic mass is 10.3. The number of aromatic nitrogens is 4. The smallest absolute Gasteiger partial charge is 0.246 e. The first kappa shape index (κ1) is 15.5. The third-order valence-electron chi connectivity index (χ3n) is 3.06. The Morgan fingerprint density at radius 1 is 1.33 bits per heavy atom. The van der Waals surface area contributed by atoms with E-state index in [4.69, 9.17) is 5.73 Å². The summed E-state index contributed by atoms with van der Waals surface area (Å²) in [6, 6.07) is 0. The molecular weight excluding hydrogens is 292 g/mol. The van der Waals surface area contributed by atoms with Crippen LogP contribution in [0, 0.1) is 6.92 Å². The molecular formula is C12H20N6O2S. The van der Waals surface area contributed by atoms with E-state index in [-0.39, 0.29) is 17.3 Å². The number of anilines is 1. The van der Waals surface area contributed by atoms with Gasteiger partial charge in [-0.1, -0.05) is 6.92 Å². The number of nitrogens with one attached hydrogen (secondary N) is 1. The maximum Gasteiger partial charge on any atom is 0.246 e. The van der Waals surface area contributed by atoms with Crippen molar-refractivity contribution in [3.05, 3.63) is 23.7 Å². The van der Waals surface area contributed by atoms with E-state index in [0.29, 0.717) is 6.54 Å². The van der Waals surface area contributed by atoms with Crippen molar-refractivity contribution in [2.45, 2.75) is 38.3 Å². The van der Waals surface area contributed by atoms with Crippen LogP contribution < -0.4 is 10.5 Å². The Balaban J connectivity index is 2.16. The summed E-state index contributed by atoms with van der Waals surface area (Å²) in [6.45, 7) is 4.61. The molecule has 2 aromatic heterocycles. The number of hydrogen-bond acceptors (Lipinski definition) is 5. The highest BCUT2D eigenvalue weighted by molar-refractivity contribution is 7.89. The number of nitrogen functional groups attached to an aromatic ring is 1. The zero-order valence-corrected chi connectivity index (χ0v) is 13.2. The summed E-state index contributed by atoms with van der Waals surface area (Å²) in [6.07, 6.45) is 4.09. The minimum absolute atomic E-state index is 0.0116. The molecule has 0 aliphatic rings. The molecule has 116 valence electrons. The number of aryl methyl sites for hydroxylation is 3. The molecule has 0 aromatic carbocycles. The monoisotopic (exact) mass is 312 g/mol. The minimum atomic E-state index is -3.69. The first-order chi connectivity index (χ1) is 9.83. The molecule has 8 nitrogen and oxygen atoms in total. The maximum absolute atomic E-state index is 12.3. The molecule has 0 bridgehead atoms. The van der Waals surface area contributed by atoms with Gasteiger partial charge < -0.3 is 5.73 Å². The van der Waals surface area contributed by atoms with E-state index in [2.05, 4.69) is 14.9 Å². The zero-order chi connectivity index (χ0) is 15.6. The van der Waals surface area contributed by atoms with Crippen molar-refractivity contribution < 1.29 is 8.42 Å². The Morgan fingerprint density at radius 3 is 2.62 bits per heavy atom. The lowest BCUT2D eigenvalue weighted by Crippen LogP contribution is -2.23. The summed E-state index contributed by atoms with van der Waals surface area (Å²) >= 11 is 0. The van der Waals surface area contributed by atoms with Crippen molar-refractivity contribution in [3.8, 4) is 0 Å². The largest absolute Gasteiger partial charge is 0.381 e. The van der Waals surface area contributed by atoms with Gasteiger partial charge in [0, 0.05) is 38.1 Å². The number of nitrogens with zero attached hydrogens (tertiary/aromatic N) is 4. The molecule has 0 aliphatic heterocycles. The predicted octanol–water partition coefficient (Wildman–Crippen LogP) is 0.396. The Hall–Kier alpha value is -1.87. The highest BCUT2D eigenvalue weighted by atomic mass is 32.2. The van der Waals surface area contributed by atoms with E-state index < -0.39 is 10.0 Å². The van der Waals surface area contributed by atoms with Crippen LogP contribution in [0.1, 0.15) is 24.6 Å². The standard InChI is InChI=1S/C12H20N6O2S/c1-4-5-18-8-11(12(13)16-18)21(19,20)14-6-10-7-17(3)15-9(10)2/h7-8,14H,4-6H2,1-3H3,(H2,13,16). The quantitative estimate of drug-likeness (QED) is 0.802. The van der Waals surface area contributed by atoms with Gasteiger partial charge in [0.25, 0.3) is 0 Å². The Morgan fingerprint density at radius 2 is 2.05 bits per heavy atom. The van der Waals surface area contributed by atoms with Crippen molar-refractivity contribution in [2.24, 2.45) is 7.05 Å². The van der Waals surface area contributed by atoms with Crippen molar-refractivity contribution in [1.29, 1.82) is 0 Å². The van der Waals surface area contributed by atoms with Crippen LogP contribution in [0.5, 0.6) is 0 Å². The first-order valence-corrected chi connectivity index (χ1v) is 8.13. The van der Waals surface area contributed by atoms with E-state index in [1.165, 1.54) is 6.20 Å². The van der Waals surface area contributed by atoms with E-state index in [9.17, 15) is 8.42 Å². The molecule has 21 heavy (non-hydrogen) atoms. The minimum Gasteiger partial charge on any atom is -0.381 e. The topological polar surface area (TPSA) is 108 Å². The molecule has 0 radical (unpaired) electrons. The molecule has 0 fully saturated rings. The Kier molecular flexibility index (Phi) is 4.33. The summed E-state index contributed by atoms with van der Waals surface area (Å²) in [4.78, 5) is 0.0116.